The molecule has 176 valence electrons. The lowest BCUT2D eigenvalue weighted by atomic mass is 10.1. The van der Waals surface area contributed by atoms with Gasteiger partial charge in [-0.15, -0.1) is 0 Å². The van der Waals surface area contributed by atoms with Crippen molar-refractivity contribution in [2.24, 2.45) is 0 Å². The summed E-state index contributed by atoms with van der Waals surface area (Å²) in [6.45, 7) is -0.288. The zero-order chi connectivity index (χ0) is 24.1. The topological polar surface area (TPSA) is 137 Å². The van der Waals surface area contributed by atoms with Crippen LogP contribution >= 0.6 is 7.82 Å². The minimum atomic E-state index is -4.15. The summed E-state index contributed by atoms with van der Waals surface area (Å²) in [7, 11) is -3.07. The van der Waals surface area contributed by atoms with E-state index in [4.69, 9.17) is 14.8 Å². The molecule has 10 nitrogen and oxygen atoms in total. The van der Waals surface area contributed by atoms with Crippen LogP contribution in [0.15, 0.2) is 71.5 Å². The fourth-order valence-corrected chi connectivity index (χ4v) is 3.50. The number of rotatable bonds is 9. The monoisotopic (exact) mass is 486 g/mol. The molecule has 0 bridgehead atoms. The van der Waals surface area contributed by atoms with Crippen LogP contribution in [0.2, 0.25) is 0 Å². The van der Waals surface area contributed by atoms with Crippen molar-refractivity contribution in [3.63, 3.8) is 0 Å². The van der Waals surface area contributed by atoms with Gasteiger partial charge in [0.1, 0.15) is 17.2 Å². The molecule has 3 heterocycles. The number of hydrogen-bond acceptors (Lipinski definition) is 8. The number of nitrogens with two attached hydrogens (primary N) is 1. The Kier molecular flexibility index (Phi) is 6.99. The molecule has 0 saturated heterocycles. The van der Waals surface area contributed by atoms with E-state index in [1.807, 2.05) is 6.07 Å². The molecule has 0 fully saturated rings. The molecule has 0 radical (unpaired) electrons. The highest BCUT2D eigenvalue weighted by atomic mass is 31.2. The van der Waals surface area contributed by atoms with Crippen LogP contribution in [0.25, 0.3) is 11.3 Å². The Balaban J connectivity index is 1.44. The highest BCUT2D eigenvalue weighted by Crippen LogP contribution is 2.41. The van der Waals surface area contributed by atoms with Crippen LogP contribution in [0.3, 0.4) is 0 Å². The van der Waals surface area contributed by atoms with Gasteiger partial charge in [-0.05, 0) is 42.0 Å². The molecule has 0 amide bonds. The Hall–Kier alpha value is -3.63. The summed E-state index contributed by atoms with van der Waals surface area (Å²) in [5.41, 5.74) is 8.89. The van der Waals surface area contributed by atoms with Gasteiger partial charge in [-0.25, -0.2) is 23.0 Å². The smallest absolute Gasteiger partial charge is 0.356 e. The van der Waals surface area contributed by atoms with Gasteiger partial charge in [0.25, 0.3) is 5.82 Å². The number of nitrogen functional groups attached to an aromatic ring is 1. The van der Waals surface area contributed by atoms with Gasteiger partial charge in [0.15, 0.2) is 5.76 Å². The van der Waals surface area contributed by atoms with Crippen molar-refractivity contribution < 1.29 is 32.0 Å². The van der Waals surface area contributed by atoms with Crippen LogP contribution in [-0.4, -0.2) is 22.1 Å². The lowest BCUT2D eigenvalue weighted by Gasteiger charge is -2.09. The first-order valence-corrected chi connectivity index (χ1v) is 11.6. The summed E-state index contributed by atoms with van der Waals surface area (Å²) < 4.78 is 41.0. The van der Waals surface area contributed by atoms with Crippen LogP contribution in [0.1, 0.15) is 11.3 Å². The minimum absolute atomic E-state index is 0.260. The number of hydrogen-bond donors (Lipinski definition) is 3. The van der Waals surface area contributed by atoms with E-state index in [0.717, 1.165) is 12.7 Å². The van der Waals surface area contributed by atoms with Crippen molar-refractivity contribution in [1.29, 1.82) is 0 Å². The molecule has 4 rings (SSSR count). The summed E-state index contributed by atoms with van der Waals surface area (Å²) in [5.74, 6) is 0.942. The highest BCUT2D eigenvalue weighted by molar-refractivity contribution is 7.47. The number of nitrogens with zero attached hydrogens (tertiary/aromatic N) is 3. The summed E-state index contributed by atoms with van der Waals surface area (Å²) >= 11 is 0. The molecule has 0 aliphatic rings. The molecule has 0 spiro atoms. The third-order valence-electron chi connectivity index (χ3n) is 4.84. The van der Waals surface area contributed by atoms with E-state index >= 15 is 0 Å². The van der Waals surface area contributed by atoms with Crippen molar-refractivity contribution in [3.8, 4) is 11.3 Å². The molecule has 4 N–H and O–H groups in total. The second-order valence-electron chi connectivity index (χ2n) is 7.23. The number of anilines is 3. The molecular weight excluding hydrogens is 464 g/mol. The Labute approximate surface area is 194 Å². The summed E-state index contributed by atoms with van der Waals surface area (Å²) in [6.07, 6.45) is 3.76. The highest BCUT2D eigenvalue weighted by Gasteiger charge is 2.22. The first-order chi connectivity index (χ1) is 16.3. The first kappa shape index (κ1) is 23.5. The van der Waals surface area contributed by atoms with Crippen LogP contribution in [0, 0.1) is 5.82 Å². The number of nitrogens with one attached hydrogen (secondary N) is 1. The number of aromatic nitrogens is 3. The van der Waals surface area contributed by atoms with E-state index in [1.54, 1.807) is 48.8 Å². The van der Waals surface area contributed by atoms with Gasteiger partial charge in [0, 0.05) is 31.5 Å². The van der Waals surface area contributed by atoms with Crippen molar-refractivity contribution in [3.05, 3.63) is 84.1 Å². The maximum absolute atomic E-state index is 13.3. The van der Waals surface area contributed by atoms with Gasteiger partial charge in [0.2, 0.25) is 6.73 Å². The van der Waals surface area contributed by atoms with Gasteiger partial charge in [-0.1, -0.05) is 17.3 Å². The molecule has 12 heteroatoms. The molecule has 1 atom stereocenters. The van der Waals surface area contributed by atoms with E-state index < -0.39 is 7.82 Å². The number of halogens is 1. The third kappa shape index (κ3) is 5.83. The predicted octanol–water partition coefficient (Wildman–Crippen LogP) is 3.80. The van der Waals surface area contributed by atoms with E-state index in [9.17, 15) is 13.8 Å². The quantitative estimate of drug-likeness (QED) is 0.238. The summed E-state index contributed by atoms with van der Waals surface area (Å²) in [6, 6.07) is 15.0. The van der Waals surface area contributed by atoms with E-state index in [2.05, 4.69) is 20.0 Å². The Bertz CT molecular complexity index is 1330. The van der Waals surface area contributed by atoms with Gasteiger partial charge < -0.3 is 14.7 Å². The summed E-state index contributed by atoms with van der Waals surface area (Å²) in [5, 5.41) is 7.14. The third-order valence-corrected chi connectivity index (χ3v) is 5.74. The van der Waals surface area contributed by atoms with Gasteiger partial charge in [-0.3, -0.25) is 10.3 Å². The maximum Gasteiger partial charge on any atom is 0.475 e. The maximum atomic E-state index is 13.3. The Morgan fingerprint density at radius 2 is 2.09 bits per heavy atom. The number of phosphoric ester groups is 1. The van der Waals surface area contributed by atoms with Crippen molar-refractivity contribution in [2.75, 3.05) is 18.2 Å². The molecule has 1 unspecified atom stereocenters. The van der Waals surface area contributed by atoms with Gasteiger partial charge >= 0.3 is 7.82 Å². The first-order valence-electron chi connectivity index (χ1n) is 10.1. The average molecular weight is 486 g/mol. The SMILES string of the molecule is COP(=O)(O)OC[n+]1cccc(-c2cc(Cc3ccc(Nc4cccc(F)c4)nc3)no2)c1N. The Morgan fingerprint density at radius 1 is 1.24 bits per heavy atom. The minimum Gasteiger partial charge on any atom is -0.356 e. The average Bonchev–Trinajstić information content (AvgIpc) is 3.28. The van der Waals surface area contributed by atoms with Gasteiger partial charge in [0.05, 0.1) is 11.9 Å². The largest absolute Gasteiger partial charge is 0.475 e. The molecule has 4 aromatic rings. The molecule has 0 saturated carbocycles. The van der Waals surface area contributed by atoms with Crippen LogP contribution in [0.4, 0.5) is 21.7 Å². The number of phosphoric acid groups is 1. The molecule has 0 aliphatic heterocycles. The predicted molar refractivity (Wildman–Crippen MR) is 121 cm³/mol. The zero-order valence-electron chi connectivity index (χ0n) is 18.1. The Morgan fingerprint density at radius 3 is 2.82 bits per heavy atom. The van der Waals surface area contributed by atoms with Crippen LogP contribution < -0.4 is 15.6 Å². The fraction of sp³-hybridized carbons (Fsp3) is 0.136. The number of benzene rings is 1. The van der Waals surface area contributed by atoms with Gasteiger partial charge in [-0.2, -0.15) is 0 Å². The van der Waals surface area contributed by atoms with Crippen molar-refractivity contribution in [2.45, 2.75) is 13.2 Å². The molecule has 1 aromatic carbocycles. The van der Waals surface area contributed by atoms with E-state index in [-0.39, 0.29) is 18.4 Å². The lowest BCUT2D eigenvalue weighted by molar-refractivity contribution is -0.711. The fourth-order valence-electron chi connectivity index (χ4n) is 3.12. The second kappa shape index (κ2) is 10.1. The normalized spacial score (nSPS) is 12.9. The van der Waals surface area contributed by atoms with E-state index in [1.165, 1.54) is 16.7 Å². The molecule has 0 aliphatic carbocycles. The molecule has 3 aromatic heterocycles. The zero-order valence-corrected chi connectivity index (χ0v) is 19.0. The summed E-state index contributed by atoms with van der Waals surface area (Å²) in [4.78, 5) is 13.8. The lowest BCUT2D eigenvalue weighted by Crippen LogP contribution is -2.38. The molecular formula is C22H22FN5O5P+. The second-order valence-corrected chi connectivity index (χ2v) is 8.79. The van der Waals surface area contributed by atoms with Crippen molar-refractivity contribution >= 4 is 25.1 Å². The molecule has 34 heavy (non-hydrogen) atoms. The van der Waals surface area contributed by atoms with Crippen LogP contribution in [-0.2, 0) is 26.8 Å². The number of pyridine rings is 2. The van der Waals surface area contributed by atoms with E-state index in [0.29, 0.717) is 34.9 Å². The standard InChI is InChI=1S/C22H21FN5O5P/c1-31-34(29,30)32-14-28-9-3-6-19(22(28)24)20-12-18(27-33-20)10-15-7-8-21(25-13-15)26-17-5-2-4-16(23)11-17/h2-9,11-13,24H,10,14H2,1H3,(H2,25,26,29,30)/p+1. The van der Waals surface area contributed by atoms with Crippen LogP contribution in [0.5, 0.6) is 0 Å². The van der Waals surface area contributed by atoms with Crippen molar-refractivity contribution in [1.82, 2.24) is 10.1 Å².